The fraction of sp³-hybridized carbons (Fsp3) is 0.222. The minimum Gasteiger partial charge on any atom is -0.436 e. The van der Waals surface area contributed by atoms with Crippen molar-refractivity contribution in [3.05, 3.63) is 54.1 Å². The van der Waals surface area contributed by atoms with Crippen molar-refractivity contribution < 1.29 is 13.9 Å². The van der Waals surface area contributed by atoms with Gasteiger partial charge in [0.25, 0.3) is 5.91 Å². The van der Waals surface area contributed by atoms with Crippen molar-refractivity contribution >= 4 is 17.0 Å². The Morgan fingerprint density at radius 1 is 1.04 bits per heavy atom. The zero-order valence-electron chi connectivity index (χ0n) is 12.6. The van der Waals surface area contributed by atoms with Crippen molar-refractivity contribution in [3.8, 4) is 11.5 Å². The molecule has 0 saturated carbocycles. The van der Waals surface area contributed by atoms with Crippen molar-refractivity contribution in [2.75, 3.05) is 26.3 Å². The number of nitrogens with zero attached hydrogens (tertiary/aromatic N) is 2. The van der Waals surface area contributed by atoms with E-state index in [0.29, 0.717) is 37.8 Å². The smallest absolute Gasteiger partial charge is 0.254 e. The Balaban J connectivity index is 1.66. The van der Waals surface area contributed by atoms with Gasteiger partial charge in [0.05, 0.1) is 13.2 Å². The Bertz CT molecular complexity index is 817. The standard InChI is InChI=1S/C18H16N2O3/c21-18(20-8-10-22-11-9-20)14-5-3-4-13(12-14)17-19-15-6-1-2-7-16(15)23-17/h1-7,12H,8-11H2. The highest BCUT2D eigenvalue weighted by molar-refractivity contribution is 5.95. The number of benzene rings is 2. The molecule has 5 nitrogen and oxygen atoms in total. The van der Waals surface area contributed by atoms with Gasteiger partial charge in [-0.05, 0) is 30.3 Å². The summed E-state index contributed by atoms with van der Waals surface area (Å²) in [5.74, 6) is 0.550. The number of fused-ring (bicyclic) bond motifs is 1. The quantitative estimate of drug-likeness (QED) is 0.730. The molecule has 0 aliphatic carbocycles. The molecule has 1 aromatic heterocycles. The van der Waals surface area contributed by atoms with Gasteiger partial charge in [0.2, 0.25) is 5.89 Å². The van der Waals surface area contributed by atoms with E-state index in [0.717, 1.165) is 16.7 Å². The predicted molar refractivity (Wildman–Crippen MR) is 86.2 cm³/mol. The summed E-state index contributed by atoms with van der Waals surface area (Å²) in [6.07, 6.45) is 0. The number of carbonyl (C=O) groups excluding carboxylic acids is 1. The van der Waals surface area contributed by atoms with Gasteiger partial charge in [-0.1, -0.05) is 18.2 Å². The summed E-state index contributed by atoms with van der Waals surface area (Å²) < 4.78 is 11.1. The number of rotatable bonds is 2. The molecular weight excluding hydrogens is 292 g/mol. The molecule has 5 heteroatoms. The lowest BCUT2D eigenvalue weighted by atomic mass is 10.1. The molecule has 1 aliphatic heterocycles. The first-order valence-electron chi connectivity index (χ1n) is 7.64. The number of hydrogen-bond donors (Lipinski definition) is 0. The molecule has 4 rings (SSSR count). The average Bonchev–Trinajstić information content (AvgIpc) is 3.06. The zero-order chi connectivity index (χ0) is 15.6. The lowest BCUT2D eigenvalue weighted by Crippen LogP contribution is -2.40. The van der Waals surface area contributed by atoms with E-state index < -0.39 is 0 Å². The van der Waals surface area contributed by atoms with Crippen LogP contribution in [0.4, 0.5) is 0 Å². The molecule has 1 aliphatic rings. The molecule has 3 aromatic rings. The van der Waals surface area contributed by atoms with E-state index in [1.165, 1.54) is 0 Å². The Hall–Kier alpha value is -2.66. The Morgan fingerprint density at radius 2 is 1.87 bits per heavy atom. The molecule has 0 unspecified atom stereocenters. The summed E-state index contributed by atoms with van der Waals surface area (Å²) in [6.45, 7) is 2.45. The van der Waals surface area contributed by atoms with E-state index in [4.69, 9.17) is 9.15 Å². The maximum atomic E-state index is 12.6. The van der Waals surface area contributed by atoms with Crippen molar-refractivity contribution in [2.45, 2.75) is 0 Å². The van der Waals surface area contributed by atoms with Crippen molar-refractivity contribution in [3.63, 3.8) is 0 Å². The number of oxazole rings is 1. The Kier molecular flexibility index (Phi) is 3.55. The third-order valence-electron chi connectivity index (χ3n) is 3.95. The Labute approximate surface area is 133 Å². The number of amides is 1. The molecule has 116 valence electrons. The SMILES string of the molecule is O=C(c1cccc(-c2nc3ccccc3o2)c1)N1CCOCC1. The first-order valence-corrected chi connectivity index (χ1v) is 7.64. The van der Waals surface area contributed by atoms with Gasteiger partial charge in [-0.25, -0.2) is 4.98 Å². The lowest BCUT2D eigenvalue weighted by Gasteiger charge is -2.26. The molecule has 23 heavy (non-hydrogen) atoms. The first kappa shape index (κ1) is 14.0. The zero-order valence-corrected chi connectivity index (χ0v) is 12.6. The van der Waals surface area contributed by atoms with E-state index in [1.807, 2.05) is 53.4 Å². The molecule has 2 aromatic carbocycles. The van der Waals surface area contributed by atoms with E-state index in [2.05, 4.69) is 4.98 Å². The third-order valence-corrected chi connectivity index (χ3v) is 3.95. The van der Waals surface area contributed by atoms with Crippen LogP contribution < -0.4 is 0 Å². The van der Waals surface area contributed by atoms with Gasteiger partial charge in [-0.3, -0.25) is 4.79 Å². The molecule has 0 atom stereocenters. The number of aromatic nitrogens is 1. The maximum Gasteiger partial charge on any atom is 0.254 e. The molecule has 0 bridgehead atoms. The van der Waals surface area contributed by atoms with Gasteiger partial charge in [0.15, 0.2) is 5.58 Å². The van der Waals surface area contributed by atoms with E-state index in [9.17, 15) is 4.79 Å². The summed E-state index contributed by atoms with van der Waals surface area (Å²) >= 11 is 0. The Morgan fingerprint density at radius 3 is 2.70 bits per heavy atom. The minimum atomic E-state index is 0.0197. The first-order chi connectivity index (χ1) is 11.3. The second kappa shape index (κ2) is 5.85. The van der Waals surface area contributed by atoms with Crippen molar-refractivity contribution in [1.29, 1.82) is 0 Å². The highest BCUT2D eigenvalue weighted by atomic mass is 16.5. The highest BCUT2D eigenvalue weighted by Crippen LogP contribution is 2.25. The molecule has 1 saturated heterocycles. The predicted octanol–water partition coefficient (Wildman–Crippen LogP) is 2.97. The summed E-state index contributed by atoms with van der Waals surface area (Å²) in [7, 11) is 0. The monoisotopic (exact) mass is 308 g/mol. The molecular formula is C18H16N2O3. The molecule has 0 spiro atoms. The fourth-order valence-corrected chi connectivity index (χ4v) is 2.73. The van der Waals surface area contributed by atoms with Gasteiger partial charge >= 0.3 is 0 Å². The number of ether oxygens (including phenoxy) is 1. The normalized spacial score (nSPS) is 15.0. The van der Waals surface area contributed by atoms with Crippen LogP contribution in [0.5, 0.6) is 0 Å². The molecule has 1 fully saturated rings. The summed E-state index contributed by atoms with van der Waals surface area (Å²) in [5, 5.41) is 0. The summed E-state index contributed by atoms with van der Waals surface area (Å²) in [6, 6.07) is 15.0. The van der Waals surface area contributed by atoms with Gasteiger partial charge in [-0.2, -0.15) is 0 Å². The fourth-order valence-electron chi connectivity index (χ4n) is 2.73. The molecule has 1 amide bonds. The largest absolute Gasteiger partial charge is 0.436 e. The maximum absolute atomic E-state index is 12.6. The van der Waals surface area contributed by atoms with Crippen molar-refractivity contribution in [2.24, 2.45) is 0 Å². The van der Waals surface area contributed by atoms with Gasteiger partial charge in [-0.15, -0.1) is 0 Å². The van der Waals surface area contributed by atoms with Crippen LogP contribution in [0.2, 0.25) is 0 Å². The second-order valence-electron chi connectivity index (χ2n) is 5.47. The minimum absolute atomic E-state index is 0.0197. The van der Waals surface area contributed by atoms with Crippen LogP contribution in [0.1, 0.15) is 10.4 Å². The highest BCUT2D eigenvalue weighted by Gasteiger charge is 2.19. The van der Waals surface area contributed by atoms with Crippen molar-refractivity contribution in [1.82, 2.24) is 9.88 Å². The van der Waals surface area contributed by atoms with Crippen LogP contribution in [-0.2, 0) is 4.74 Å². The number of morpholine rings is 1. The van der Waals surface area contributed by atoms with Crippen LogP contribution in [0.15, 0.2) is 52.9 Å². The van der Waals surface area contributed by atoms with Crippen LogP contribution in [-0.4, -0.2) is 42.1 Å². The van der Waals surface area contributed by atoms with Gasteiger partial charge in [0, 0.05) is 24.2 Å². The lowest BCUT2D eigenvalue weighted by molar-refractivity contribution is 0.0303. The molecule has 0 radical (unpaired) electrons. The number of carbonyl (C=O) groups is 1. The molecule has 0 N–H and O–H groups in total. The van der Waals surface area contributed by atoms with E-state index >= 15 is 0 Å². The van der Waals surface area contributed by atoms with Crippen LogP contribution in [0, 0.1) is 0 Å². The topological polar surface area (TPSA) is 55.6 Å². The van der Waals surface area contributed by atoms with Crippen LogP contribution in [0.3, 0.4) is 0 Å². The van der Waals surface area contributed by atoms with Crippen LogP contribution in [0.25, 0.3) is 22.6 Å². The molecule has 2 heterocycles. The number of hydrogen-bond acceptors (Lipinski definition) is 4. The average molecular weight is 308 g/mol. The van der Waals surface area contributed by atoms with Gasteiger partial charge in [0.1, 0.15) is 5.52 Å². The van der Waals surface area contributed by atoms with Crippen LogP contribution >= 0.6 is 0 Å². The summed E-state index contributed by atoms with van der Waals surface area (Å²) in [5.41, 5.74) is 3.01. The third kappa shape index (κ3) is 2.71. The van der Waals surface area contributed by atoms with E-state index in [1.54, 1.807) is 0 Å². The second-order valence-corrected chi connectivity index (χ2v) is 5.47. The van der Waals surface area contributed by atoms with E-state index in [-0.39, 0.29) is 5.91 Å². The summed E-state index contributed by atoms with van der Waals surface area (Å²) in [4.78, 5) is 18.9. The van der Waals surface area contributed by atoms with Gasteiger partial charge < -0.3 is 14.1 Å². The number of para-hydroxylation sites is 2.